The zero-order chi connectivity index (χ0) is 20.3. The number of ether oxygens (including phenoxy) is 3. The molecule has 1 aromatic heterocycles. The van der Waals surface area contributed by atoms with Crippen LogP contribution in [0.3, 0.4) is 0 Å². The highest BCUT2D eigenvalue weighted by Crippen LogP contribution is 2.42. The second-order valence-corrected chi connectivity index (χ2v) is 5.83. The minimum Gasteiger partial charge on any atom is -0.493 e. The Labute approximate surface area is 161 Å². The van der Waals surface area contributed by atoms with Crippen LogP contribution in [0.2, 0.25) is 0 Å². The van der Waals surface area contributed by atoms with E-state index in [1.165, 1.54) is 13.2 Å². The number of fused-ring (bicyclic) bond motifs is 1. The lowest BCUT2D eigenvalue weighted by Crippen LogP contribution is -2.12. The minimum atomic E-state index is -0.778. The van der Waals surface area contributed by atoms with Gasteiger partial charge in [0.1, 0.15) is 17.3 Å². The molecule has 3 N–H and O–H groups in total. The van der Waals surface area contributed by atoms with Gasteiger partial charge in [-0.25, -0.2) is 0 Å². The molecule has 0 aliphatic rings. The fourth-order valence-corrected chi connectivity index (χ4v) is 2.88. The van der Waals surface area contributed by atoms with Crippen molar-refractivity contribution in [2.75, 3.05) is 21.3 Å². The van der Waals surface area contributed by atoms with E-state index in [0.29, 0.717) is 28.5 Å². The highest BCUT2D eigenvalue weighted by atomic mass is 16.5. The van der Waals surface area contributed by atoms with Crippen LogP contribution in [-0.2, 0) is 4.79 Å². The van der Waals surface area contributed by atoms with E-state index < -0.39 is 5.91 Å². The van der Waals surface area contributed by atoms with Crippen molar-refractivity contribution in [2.45, 2.75) is 0 Å². The fraction of sp³-hybridized carbons (Fsp3) is 0.150. The van der Waals surface area contributed by atoms with Gasteiger partial charge in [0.2, 0.25) is 5.75 Å². The van der Waals surface area contributed by atoms with Gasteiger partial charge in [-0.15, -0.1) is 0 Å². The molecule has 1 amide bonds. The summed E-state index contributed by atoms with van der Waals surface area (Å²) in [5, 5.41) is 17.2. The number of aromatic nitrogens is 2. The van der Waals surface area contributed by atoms with E-state index in [4.69, 9.17) is 25.2 Å². The molecular weight excluding hydrogens is 360 g/mol. The van der Waals surface area contributed by atoms with Crippen molar-refractivity contribution in [3.63, 3.8) is 0 Å². The van der Waals surface area contributed by atoms with E-state index in [1.54, 1.807) is 38.5 Å². The number of rotatable bonds is 6. The summed E-state index contributed by atoms with van der Waals surface area (Å²) >= 11 is 0. The first-order chi connectivity index (χ1) is 13.5. The standard InChI is InChI=1S/C20H18N4O4/c1-26-16-8-12(9-17(27-2)19(16)28-3)18-14-7-11(4-5-15(14)23-24-18)6-13(10-21)20(22)25/h4-9H,1-3H3,(H2,22,25)(H,23,24)/b13-6-. The molecule has 3 aromatic rings. The Balaban J connectivity index is 2.18. The van der Waals surface area contributed by atoms with Gasteiger partial charge in [-0.05, 0) is 35.9 Å². The van der Waals surface area contributed by atoms with Crippen LogP contribution in [0.5, 0.6) is 17.2 Å². The number of hydrogen-bond acceptors (Lipinski definition) is 6. The SMILES string of the molecule is COc1cc(-c2n[nH]c3ccc(/C=C(/C#N)C(N)=O)cc23)cc(OC)c1OC. The maximum absolute atomic E-state index is 11.3. The van der Waals surface area contributed by atoms with Gasteiger partial charge in [-0.2, -0.15) is 10.4 Å². The van der Waals surface area contributed by atoms with Crippen LogP contribution in [0.25, 0.3) is 28.2 Å². The third-order valence-corrected chi connectivity index (χ3v) is 4.22. The summed E-state index contributed by atoms with van der Waals surface area (Å²) < 4.78 is 16.2. The number of nitrogens with one attached hydrogen (secondary N) is 1. The topological polar surface area (TPSA) is 123 Å². The molecule has 0 spiro atoms. The third-order valence-electron chi connectivity index (χ3n) is 4.22. The summed E-state index contributed by atoms with van der Waals surface area (Å²) in [5.74, 6) is 0.714. The molecule has 0 aliphatic carbocycles. The zero-order valence-electron chi connectivity index (χ0n) is 15.6. The number of H-pyrrole nitrogens is 1. The van der Waals surface area contributed by atoms with Gasteiger partial charge >= 0.3 is 0 Å². The molecule has 3 rings (SSSR count). The lowest BCUT2D eigenvalue weighted by atomic mass is 10.0. The number of aromatic amines is 1. The minimum absolute atomic E-state index is 0.128. The molecule has 0 radical (unpaired) electrons. The van der Waals surface area contributed by atoms with E-state index in [0.717, 1.165) is 16.5 Å². The summed E-state index contributed by atoms with van der Waals surface area (Å²) in [5.41, 5.74) is 7.93. The first-order valence-electron chi connectivity index (χ1n) is 8.22. The molecule has 0 fully saturated rings. The molecule has 1 heterocycles. The largest absolute Gasteiger partial charge is 0.493 e. The van der Waals surface area contributed by atoms with E-state index >= 15 is 0 Å². The van der Waals surface area contributed by atoms with Crippen molar-refractivity contribution >= 4 is 22.9 Å². The Morgan fingerprint density at radius 1 is 1.14 bits per heavy atom. The Morgan fingerprint density at radius 3 is 2.36 bits per heavy atom. The molecule has 0 atom stereocenters. The number of carbonyl (C=O) groups is 1. The normalized spacial score (nSPS) is 11.1. The van der Waals surface area contributed by atoms with E-state index in [9.17, 15) is 4.79 Å². The van der Waals surface area contributed by atoms with Crippen molar-refractivity contribution in [3.05, 3.63) is 41.5 Å². The smallest absolute Gasteiger partial charge is 0.259 e. The predicted octanol–water partition coefficient (Wildman–Crippen LogP) is 2.65. The third kappa shape index (κ3) is 3.33. The number of methoxy groups -OCH3 is 3. The molecule has 8 nitrogen and oxygen atoms in total. The van der Waals surface area contributed by atoms with Gasteiger partial charge in [-0.3, -0.25) is 9.89 Å². The molecule has 0 bridgehead atoms. The Bertz CT molecular complexity index is 1100. The Morgan fingerprint density at radius 2 is 1.82 bits per heavy atom. The molecule has 28 heavy (non-hydrogen) atoms. The fourth-order valence-electron chi connectivity index (χ4n) is 2.88. The number of carbonyl (C=O) groups excluding carboxylic acids is 1. The van der Waals surface area contributed by atoms with Crippen molar-refractivity contribution in [3.8, 4) is 34.6 Å². The lowest BCUT2D eigenvalue weighted by molar-refractivity contribution is -0.114. The average molecular weight is 378 g/mol. The van der Waals surface area contributed by atoms with Gasteiger partial charge in [0.15, 0.2) is 11.5 Å². The first kappa shape index (κ1) is 18.8. The molecule has 0 saturated heterocycles. The van der Waals surface area contributed by atoms with Crippen LogP contribution in [-0.4, -0.2) is 37.4 Å². The first-order valence-corrected chi connectivity index (χ1v) is 8.22. The second-order valence-electron chi connectivity index (χ2n) is 5.83. The number of nitriles is 1. The molecule has 0 saturated carbocycles. The van der Waals surface area contributed by atoms with Gasteiger partial charge in [-0.1, -0.05) is 6.07 Å². The zero-order valence-corrected chi connectivity index (χ0v) is 15.6. The van der Waals surface area contributed by atoms with Crippen molar-refractivity contribution in [1.29, 1.82) is 5.26 Å². The quantitative estimate of drug-likeness (QED) is 0.502. The number of nitrogens with two attached hydrogens (primary N) is 1. The Hall–Kier alpha value is -3.99. The monoisotopic (exact) mass is 378 g/mol. The summed E-state index contributed by atoms with van der Waals surface area (Å²) in [4.78, 5) is 11.3. The average Bonchev–Trinajstić information content (AvgIpc) is 3.13. The van der Waals surface area contributed by atoms with Crippen molar-refractivity contribution in [2.24, 2.45) is 5.73 Å². The van der Waals surface area contributed by atoms with Crippen LogP contribution in [0.15, 0.2) is 35.9 Å². The van der Waals surface area contributed by atoms with Crippen LogP contribution >= 0.6 is 0 Å². The summed E-state index contributed by atoms with van der Waals surface area (Å²) in [6, 6.07) is 10.8. The number of benzene rings is 2. The van der Waals surface area contributed by atoms with Crippen LogP contribution in [0.4, 0.5) is 0 Å². The second kappa shape index (κ2) is 7.72. The summed E-state index contributed by atoms with van der Waals surface area (Å²) in [6.45, 7) is 0. The van der Waals surface area contributed by atoms with Gasteiger partial charge < -0.3 is 19.9 Å². The van der Waals surface area contributed by atoms with Crippen LogP contribution in [0, 0.1) is 11.3 Å². The number of primary amides is 1. The molecule has 0 aliphatic heterocycles. The molecule has 2 aromatic carbocycles. The van der Waals surface area contributed by atoms with Gasteiger partial charge in [0.25, 0.3) is 5.91 Å². The van der Waals surface area contributed by atoms with E-state index in [2.05, 4.69) is 10.2 Å². The molecular formula is C20H18N4O4. The number of hydrogen-bond donors (Lipinski definition) is 2. The Kier molecular flexibility index (Phi) is 5.18. The maximum atomic E-state index is 11.3. The van der Waals surface area contributed by atoms with Crippen LogP contribution in [0.1, 0.15) is 5.56 Å². The summed E-state index contributed by atoms with van der Waals surface area (Å²) in [6.07, 6.45) is 1.44. The van der Waals surface area contributed by atoms with Gasteiger partial charge in [0, 0.05) is 10.9 Å². The van der Waals surface area contributed by atoms with Crippen LogP contribution < -0.4 is 19.9 Å². The maximum Gasteiger partial charge on any atom is 0.259 e. The van der Waals surface area contributed by atoms with Crippen molar-refractivity contribution < 1.29 is 19.0 Å². The highest BCUT2D eigenvalue weighted by molar-refractivity contribution is 6.01. The molecule has 0 unspecified atom stereocenters. The highest BCUT2D eigenvalue weighted by Gasteiger charge is 2.17. The molecule has 142 valence electrons. The predicted molar refractivity (Wildman–Crippen MR) is 104 cm³/mol. The number of amides is 1. The van der Waals surface area contributed by atoms with E-state index in [1.807, 2.05) is 12.1 Å². The lowest BCUT2D eigenvalue weighted by Gasteiger charge is -2.13. The van der Waals surface area contributed by atoms with Crippen molar-refractivity contribution in [1.82, 2.24) is 10.2 Å². The van der Waals surface area contributed by atoms with E-state index in [-0.39, 0.29) is 5.57 Å². The number of nitrogens with zero attached hydrogens (tertiary/aromatic N) is 2. The molecule has 8 heteroatoms. The summed E-state index contributed by atoms with van der Waals surface area (Å²) in [7, 11) is 4.62. The van der Waals surface area contributed by atoms with Gasteiger partial charge in [0.05, 0.1) is 26.8 Å².